The van der Waals surface area contributed by atoms with Crippen molar-refractivity contribution in [2.75, 3.05) is 5.73 Å². The molecule has 6 N–H and O–H groups in total. The number of sulfonamides is 2. The van der Waals surface area contributed by atoms with Gasteiger partial charge in [0, 0.05) is 38.4 Å². The number of nitro benzene ring substituents is 1. The van der Waals surface area contributed by atoms with Crippen molar-refractivity contribution in [1.29, 1.82) is 0 Å². The summed E-state index contributed by atoms with van der Waals surface area (Å²) >= 11 is 0. The third-order valence-electron chi connectivity index (χ3n) is 7.84. The Kier molecular flexibility index (Phi) is 4.67. The van der Waals surface area contributed by atoms with Crippen molar-refractivity contribution in [2.45, 2.75) is 9.79 Å². The summed E-state index contributed by atoms with van der Waals surface area (Å²) in [6.07, 6.45) is 0. The highest BCUT2D eigenvalue weighted by atomic mass is 32.2. The first kappa shape index (κ1) is 26.1. The molecule has 0 unspecified atom stereocenters. The molecule has 8 rings (SSSR count). The van der Waals surface area contributed by atoms with Crippen molar-refractivity contribution in [3.63, 3.8) is 0 Å². The Morgan fingerprint density at radius 2 is 1.11 bits per heavy atom. The lowest BCUT2D eigenvalue weighted by molar-refractivity contribution is -0.387. The van der Waals surface area contributed by atoms with Crippen LogP contribution in [0, 0.1) is 10.1 Å². The summed E-state index contributed by atoms with van der Waals surface area (Å²) in [4.78, 5) is 46.5. The van der Waals surface area contributed by atoms with Crippen LogP contribution in [0.4, 0.5) is 11.4 Å². The largest absolute Gasteiger partial charge is 0.398 e. The highest BCUT2D eigenvalue weighted by Gasteiger charge is 2.28. The molecule has 4 heterocycles. The molecular formula is C26H14N8O8S2. The smallest absolute Gasteiger partial charge is 0.291 e. The van der Waals surface area contributed by atoms with Gasteiger partial charge in [-0.3, -0.25) is 28.5 Å². The number of fused-ring (bicyclic) bond motifs is 8. The number of nitro groups is 1. The molecule has 44 heavy (non-hydrogen) atoms. The number of nitrogens with two attached hydrogens (primary N) is 3. The molecule has 0 atom stereocenters. The normalized spacial score (nSPS) is 13.1. The fraction of sp³-hybridized carbons (Fsp3) is 0. The molecule has 0 saturated carbocycles. The van der Waals surface area contributed by atoms with E-state index in [1.54, 1.807) is 12.1 Å². The molecule has 0 aliphatic heterocycles. The number of nitrogens with zero attached hydrogens (tertiary/aromatic N) is 5. The molecule has 0 aliphatic rings. The highest BCUT2D eigenvalue weighted by molar-refractivity contribution is 7.89. The van der Waals surface area contributed by atoms with Gasteiger partial charge in [0.05, 0.1) is 32.7 Å². The van der Waals surface area contributed by atoms with E-state index in [1.807, 2.05) is 0 Å². The first-order chi connectivity index (χ1) is 20.7. The van der Waals surface area contributed by atoms with Crippen LogP contribution in [0.1, 0.15) is 0 Å². The van der Waals surface area contributed by atoms with E-state index in [4.69, 9.17) is 16.0 Å². The lowest BCUT2D eigenvalue weighted by Gasteiger charge is -2.12. The Hall–Kier alpha value is -5.56. The maximum atomic E-state index is 13.9. The van der Waals surface area contributed by atoms with Gasteiger partial charge in [-0.25, -0.2) is 37.1 Å². The number of pyridine rings is 2. The van der Waals surface area contributed by atoms with E-state index in [0.717, 1.165) is 16.5 Å². The molecule has 4 aromatic carbocycles. The molecule has 4 aromatic heterocycles. The number of anilines is 1. The zero-order valence-corrected chi connectivity index (χ0v) is 23.3. The number of hydrogen-bond donors (Lipinski definition) is 3. The number of nitrogen functional groups attached to an aromatic ring is 1. The summed E-state index contributed by atoms with van der Waals surface area (Å²) in [6.45, 7) is 0. The predicted molar refractivity (Wildman–Crippen MR) is 160 cm³/mol. The van der Waals surface area contributed by atoms with Gasteiger partial charge in [0.2, 0.25) is 20.0 Å². The summed E-state index contributed by atoms with van der Waals surface area (Å²) in [6, 6.07) is 10.5. The predicted octanol–water partition coefficient (Wildman–Crippen LogP) is 1.13. The van der Waals surface area contributed by atoms with E-state index in [-0.39, 0.29) is 54.7 Å². The number of benzene rings is 4. The van der Waals surface area contributed by atoms with Crippen molar-refractivity contribution in [2.24, 2.45) is 10.3 Å². The van der Waals surface area contributed by atoms with Crippen LogP contribution in [0.15, 0.2) is 67.9 Å². The van der Waals surface area contributed by atoms with Gasteiger partial charge in [0.15, 0.2) is 4.90 Å². The zero-order chi connectivity index (χ0) is 31.2. The minimum absolute atomic E-state index is 0.0141. The third-order valence-corrected chi connectivity index (χ3v) is 9.75. The topological polar surface area (TPSA) is 258 Å². The summed E-state index contributed by atoms with van der Waals surface area (Å²) in [7, 11) is -8.77. The molecular weight excluding hydrogens is 616 g/mol. The van der Waals surface area contributed by atoms with Crippen LogP contribution >= 0.6 is 0 Å². The standard InChI is InChI=1S/C26H14N8O8S2/c27-13-5-14-16(7-19(13)43(28,39)40)32-23(30-14)9-1-3-12-22-10(2-4-11(21(9)22)25(32)35)24-31-15-6-18(34(37)38)20(44(29,41)42)8-17(15)33(24)26(12)36/h1-8H,27H2,(H2,28,39,40)(H2,29,41,42). The average Bonchev–Trinajstić information content (AvgIpc) is 3.51. The van der Waals surface area contributed by atoms with Crippen molar-refractivity contribution in [3.8, 4) is 0 Å². The maximum absolute atomic E-state index is 13.9. The van der Waals surface area contributed by atoms with Crippen LogP contribution in [0.3, 0.4) is 0 Å². The number of hydrogen-bond acceptors (Lipinski definition) is 11. The quantitative estimate of drug-likeness (QED) is 0.108. The molecule has 218 valence electrons. The van der Waals surface area contributed by atoms with Gasteiger partial charge in [-0.05, 0) is 42.5 Å². The first-order valence-electron chi connectivity index (χ1n) is 12.4. The summed E-state index contributed by atoms with van der Waals surface area (Å²) in [5.41, 5.74) is 4.41. The highest BCUT2D eigenvalue weighted by Crippen LogP contribution is 2.38. The third kappa shape index (κ3) is 3.16. The number of primary sulfonamides is 2. The van der Waals surface area contributed by atoms with E-state index in [1.165, 1.54) is 28.7 Å². The average molecular weight is 631 g/mol. The van der Waals surface area contributed by atoms with Gasteiger partial charge in [-0.15, -0.1) is 0 Å². The summed E-state index contributed by atoms with van der Waals surface area (Å²) in [5, 5.41) is 24.2. The van der Waals surface area contributed by atoms with Crippen LogP contribution in [0.5, 0.6) is 0 Å². The lowest BCUT2D eigenvalue weighted by atomic mass is 9.96. The van der Waals surface area contributed by atoms with Gasteiger partial charge < -0.3 is 5.73 Å². The van der Waals surface area contributed by atoms with Crippen LogP contribution in [0.2, 0.25) is 0 Å². The Morgan fingerprint density at radius 1 is 0.682 bits per heavy atom. The monoisotopic (exact) mass is 630 g/mol. The van der Waals surface area contributed by atoms with E-state index in [2.05, 4.69) is 9.97 Å². The fourth-order valence-corrected chi connectivity index (χ4v) is 7.43. The zero-order valence-electron chi connectivity index (χ0n) is 21.7. The van der Waals surface area contributed by atoms with Gasteiger partial charge in [0.1, 0.15) is 16.2 Å². The minimum Gasteiger partial charge on any atom is -0.398 e. The molecule has 8 aromatic rings. The van der Waals surface area contributed by atoms with Crippen molar-refractivity contribution in [3.05, 3.63) is 79.4 Å². The van der Waals surface area contributed by atoms with E-state index in [0.29, 0.717) is 21.5 Å². The van der Waals surface area contributed by atoms with Crippen LogP contribution in [-0.4, -0.2) is 40.5 Å². The maximum Gasteiger partial charge on any atom is 0.291 e. The van der Waals surface area contributed by atoms with Crippen LogP contribution in [0.25, 0.3) is 65.7 Å². The molecule has 0 saturated heterocycles. The summed E-state index contributed by atoms with van der Waals surface area (Å²) in [5.74, 6) is 0. The number of aromatic nitrogens is 4. The molecule has 0 aliphatic carbocycles. The Balaban J connectivity index is 1.57. The second kappa shape index (κ2) is 7.88. The molecule has 0 fully saturated rings. The second-order valence-corrected chi connectivity index (χ2v) is 13.3. The SMILES string of the molecule is Nc1cc2nc3c4ccc5c(=O)n6c7cc(S(N)(=O)=O)c([N+](=O)[O-])cc7nc6c6ccc(c(=O)n3c2cc1S(N)(=O)=O)c4c56. The van der Waals surface area contributed by atoms with Gasteiger partial charge in [0.25, 0.3) is 16.8 Å². The lowest BCUT2D eigenvalue weighted by Crippen LogP contribution is -2.17. The molecule has 16 nitrogen and oxygen atoms in total. The van der Waals surface area contributed by atoms with Crippen molar-refractivity contribution < 1.29 is 21.8 Å². The molecule has 0 amide bonds. The number of rotatable bonds is 3. The van der Waals surface area contributed by atoms with Crippen LogP contribution in [-0.2, 0) is 20.0 Å². The van der Waals surface area contributed by atoms with Gasteiger partial charge in [-0.2, -0.15) is 0 Å². The van der Waals surface area contributed by atoms with Crippen LogP contribution < -0.4 is 27.1 Å². The fourth-order valence-electron chi connectivity index (χ4n) is 6.07. The second-order valence-electron chi connectivity index (χ2n) is 10.3. The molecule has 18 heteroatoms. The van der Waals surface area contributed by atoms with E-state index < -0.39 is 46.7 Å². The molecule has 0 bridgehead atoms. The van der Waals surface area contributed by atoms with Gasteiger partial charge >= 0.3 is 0 Å². The number of imidazole rings is 2. The Labute approximate surface area is 242 Å². The van der Waals surface area contributed by atoms with Crippen molar-refractivity contribution >= 4 is 97.1 Å². The van der Waals surface area contributed by atoms with Crippen molar-refractivity contribution in [1.82, 2.24) is 18.8 Å². The Morgan fingerprint density at radius 3 is 1.57 bits per heavy atom. The Bertz CT molecular complexity index is 3030. The van der Waals surface area contributed by atoms with Gasteiger partial charge in [-0.1, -0.05) is 0 Å². The first-order valence-corrected chi connectivity index (χ1v) is 15.5. The molecule has 0 spiro atoms. The van der Waals surface area contributed by atoms with E-state index >= 15 is 0 Å². The molecule has 0 radical (unpaired) electrons. The van der Waals surface area contributed by atoms with E-state index in [9.17, 15) is 36.5 Å². The minimum atomic E-state index is -4.55. The summed E-state index contributed by atoms with van der Waals surface area (Å²) < 4.78 is 51.0.